The Morgan fingerprint density at radius 2 is 2.33 bits per heavy atom. The van der Waals surface area contributed by atoms with Crippen LogP contribution in [0.1, 0.15) is 18.4 Å². The van der Waals surface area contributed by atoms with Crippen molar-refractivity contribution in [2.24, 2.45) is 0 Å². The van der Waals surface area contributed by atoms with Gasteiger partial charge >= 0.3 is 5.97 Å². The fraction of sp³-hybridized carbons (Fsp3) is 0.308. The Balaban J connectivity index is 2.09. The van der Waals surface area contributed by atoms with Gasteiger partial charge in [0.2, 0.25) is 0 Å². The van der Waals surface area contributed by atoms with E-state index in [0.717, 1.165) is 9.77 Å². The van der Waals surface area contributed by atoms with Crippen LogP contribution in [0.3, 0.4) is 0 Å². The molecule has 1 aliphatic heterocycles. The Labute approximate surface area is 140 Å². The summed E-state index contributed by atoms with van der Waals surface area (Å²) >= 11 is 9.77. The second-order valence-electron chi connectivity index (χ2n) is 4.20. The molecule has 0 atom stereocenters. The van der Waals surface area contributed by atoms with Gasteiger partial charge in [-0.25, -0.2) is 0 Å². The van der Waals surface area contributed by atoms with Gasteiger partial charge in [0, 0.05) is 18.5 Å². The van der Waals surface area contributed by atoms with Gasteiger partial charge in [-0.2, -0.15) is 0 Å². The first-order chi connectivity index (χ1) is 10.0. The van der Waals surface area contributed by atoms with Gasteiger partial charge in [-0.3, -0.25) is 14.5 Å². The van der Waals surface area contributed by atoms with E-state index in [2.05, 4.69) is 0 Å². The molecule has 8 heteroatoms. The van der Waals surface area contributed by atoms with E-state index in [4.69, 9.17) is 17.3 Å². The predicted octanol–water partition coefficient (Wildman–Crippen LogP) is 3.54. The van der Waals surface area contributed by atoms with Crippen molar-refractivity contribution in [2.45, 2.75) is 17.1 Å². The van der Waals surface area contributed by atoms with E-state index >= 15 is 0 Å². The zero-order valence-corrected chi connectivity index (χ0v) is 14.5. The number of carboxylic acids is 1. The highest BCUT2D eigenvalue weighted by atomic mass is 32.2. The van der Waals surface area contributed by atoms with Crippen molar-refractivity contribution in [1.82, 2.24) is 4.90 Å². The number of carbonyl (C=O) groups excluding carboxylic acids is 1. The quantitative estimate of drug-likeness (QED) is 0.476. The lowest BCUT2D eigenvalue weighted by molar-refractivity contribution is -0.137. The van der Waals surface area contributed by atoms with Crippen molar-refractivity contribution in [3.8, 4) is 0 Å². The second-order valence-corrected chi connectivity index (χ2v) is 7.86. The van der Waals surface area contributed by atoms with Crippen LogP contribution in [0.5, 0.6) is 0 Å². The highest BCUT2D eigenvalue weighted by Crippen LogP contribution is 2.35. The Morgan fingerprint density at radius 1 is 1.57 bits per heavy atom. The molecule has 0 aromatic carbocycles. The summed E-state index contributed by atoms with van der Waals surface area (Å²) in [5, 5.41) is 10.6. The van der Waals surface area contributed by atoms with Crippen molar-refractivity contribution in [2.75, 3.05) is 12.8 Å². The summed E-state index contributed by atoms with van der Waals surface area (Å²) in [7, 11) is 0. The number of thioether (sulfide) groups is 2. The van der Waals surface area contributed by atoms with Crippen molar-refractivity contribution >= 4 is 69.4 Å². The minimum absolute atomic E-state index is 0.0389. The first kappa shape index (κ1) is 16.5. The first-order valence-corrected chi connectivity index (χ1v) is 9.44. The van der Waals surface area contributed by atoms with E-state index in [1.165, 1.54) is 16.7 Å². The lowest BCUT2D eigenvalue weighted by Gasteiger charge is -2.13. The molecule has 1 aliphatic rings. The average Bonchev–Trinajstić information content (AvgIpc) is 2.98. The van der Waals surface area contributed by atoms with Gasteiger partial charge in [-0.1, -0.05) is 24.0 Å². The van der Waals surface area contributed by atoms with Gasteiger partial charge in [0.25, 0.3) is 5.91 Å². The largest absolute Gasteiger partial charge is 0.481 e. The highest BCUT2D eigenvalue weighted by Gasteiger charge is 2.31. The molecule has 0 unspecified atom stereocenters. The van der Waals surface area contributed by atoms with Gasteiger partial charge < -0.3 is 5.11 Å². The molecule has 2 heterocycles. The topological polar surface area (TPSA) is 57.6 Å². The molecule has 0 spiro atoms. The molecular formula is C13H13NO3S4. The van der Waals surface area contributed by atoms with E-state index in [0.29, 0.717) is 22.2 Å². The zero-order chi connectivity index (χ0) is 15.4. The average molecular weight is 360 g/mol. The lowest BCUT2D eigenvalue weighted by Crippen LogP contribution is -2.29. The summed E-state index contributed by atoms with van der Waals surface area (Å²) in [6, 6.07) is 1.98. The molecule has 4 nitrogen and oxygen atoms in total. The van der Waals surface area contributed by atoms with Crippen molar-refractivity contribution in [3.63, 3.8) is 0 Å². The number of nitrogens with zero attached hydrogens (tertiary/aromatic N) is 1. The maximum atomic E-state index is 12.3. The van der Waals surface area contributed by atoms with Crippen LogP contribution in [0, 0.1) is 0 Å². The number of aliphatic carboxylic acids is 1. The van der Waals surface area contributed by atoms with Crippen molar-refractivity contribution in [3.05, 3.63) is 21.9 Å². The molecule has 1 N–H and O–H groups in total. The Morgan fingerprint density at radius 3 is 3.00 bits per heavy atom. The third-order valence-electron chi connectivity index (χ3n) is 2.78. The molecule has 0 bridgehead atoms. The third-order valence-corrected chi connectivity index (χ3v) is 6.27. The van der Waals surface area contributed by atoms with E-state index in [-0.39, 0.29) is 12.3 Å². The SMILES string of the molecule is CSc1sccc1/C=C1/SC(=S)N(CCCC(=O)O)C1=O. The van der Waals surface area contributed by atoms with Crippen molar-refractivity contribution < 1.29 is 14.7 Å². The molecule has 0 aliphatic carbocycles. The standard InChI is InChI=1S/C13H13NO3S4/c1-19-12-8(4-6-20-12)7-9-11(17)14(13(18)21-9)5-2-3-10(15)16/h4,6-7H,2-3,5H2,1H3,(H,15,16)/b9-7+. The molecule has 112 valence electrons. The van der Waals surface area contributed by atoms with E-state index < -0.39 is 5.97 Å². The molecule has 1 amide bonds. The summed E-state index contributed by atoms with van der Waals surface area (Å²) < 4.78 is 1.66. The summed E-state index contributed by atoms with van der Waals surface area (Å²) in [5.41, 5.74) is 1.03. The minimum atomic E-state index is -0.862. The number of thiophene rings is 1. The van der Waals surface area contributed by atoms with Crippen LogP contribution < -0.4 is 0 Å². The molecule has 2 rings (SSSR count). The number of thiocarbonyl (C=S) groups is 1. The predicted molar refractivity (Wildman–Crippen MR) is 92.8 cm³/mol. The number of amides is 1. The summed E-state index contributed by atoms with van der Waals surface area (Å²) in [5.74, 6) is -0.993. The Hall–Kier alpha value is -0.830. The van der Waals surface area contributed by atoms with Gasteiger partial charge in [-0.15, -0.1) is 23.1 Å². The molecule has 0 radical (unpaired) electrons. The maximum absolute atomic E-state index is 12.3. The summed E-state index contributed by atoms with van der Waals surface area (Å²) in [4.78, 5) is 24.9. The first-order valence-electron chi connectivity index (χ1n) is 6.11. The fourth-order valence-electron chi connectivity index (χ4n) is 1.80. The Bertz CT molecular complexity index is 608. The zero-order valence-electron chi connectivity index (χ0n) is 11.2. The number of carboxylic acid groups (broad SMARTS) is 1. The molecule has 21 heavy (non-hydrogen) atoms. The highest BCUT2D eigenvalue weighted by molar-refractivity contribution is 8.26. The second kappa shape index (κ2) is 7.44. The van der Waals surface area contributed by atoms with E-state index in [9.17, 15) is 9.59 Å². The monoisotopic (exact) mass is 359 g/mol. The maximum Gasteiger partial charge on any atom is 0.303 e. The molecule has 1 aromatic rings. The van der Waals surface area contributed by atoms with Crippen molar-refractivity contribution in [1.29, 1.82) is 0 Å². The molecule has 1 fully saturated rings. The van der Waals surface area contributed by atoms with Crippen LogP contribution in [0.4, 0.5) is 0 Å². The van der Waals surface area contributed by atoms with E-state index in [1.54, 1.807) is 23.1 Å². The van der Waals surface area contributed by atoms with Gasteiger partial charge in [0.15, 0.2) is 0 Å². The van der Waals surface area contributed by atoms with Crippen LogP contribution >= 0.6 is 47.1 Å². The van der Waals surface area contributed by atoms with Crippen LogP contribution in [-0.4, -0.2) is 39.0 Å². The van der Waals surface area contributed by atoms with Crippen LogP contribution in [0.2, 0.25) is 0 Å². The lowest BCUT2D eigenvalue weighted by atomic mass is 10.2. The number of carbonyl (C=O) groups is 2. The normalized spacial score (nSPS) is 17.0. The van der Waals surface area contributed by atoms with Gasteiger partial charge in [0.1, 0.15) is 4.32 Å². The molecule has 0 saturated carbocycles. The third kappa shape index (κ3) is 4.09. The van der Waals surface area contributed by atoms with Gasteiger partial charge in [-0.05, 0) is 30.2 Å². The number of rotatable bonds is 6. The number of hydrogen-bond acceptors (Lipinski definition) is 6. The molecule has 1 aromatic heterocycles. The van der Waals surface area contributed by atoms with E-state index in [1.807, 2.05) is 23.8 Å². The van der Waals surface area contributed by atoms with Gasteiger partial charge in [0.05, 0.1) is 9.11 Å². The Kier molecular flexibility index (Phi) is 5.86. The smallest absolute Gasteiger partial charge is 0.303 e. The van der Waals surface area contributed by atoms with Crippen LogP contribution in [0.25, 0.3) is 6.08 Å². The minimum Gasteiger partial charge on any atom is -0.481 e. The number of hydrogen-bond donors (Lipinski definition) is 1. The summed E-state index contributed by atoms with van der Waals surface area (Å²) in [6.07, 6.45) is 4.31. The summed E-state index contributed by atoms with van der Waals surface area (Å²) in [6.45, 7) is 0.354. The van der Waals surface area contributed by atoms with Crippen LogP contribution in [-0.2, 0) is 9.59 Å². The van der Waals surface area contributed by atoms with Crippen LogP contribution in [0.15, 0.2) is 20.6 Å². The fourth-order valence-corrected chi connectivity index (χ4v) is 4.62. The molecular weight excluding hydrogens is 346 g/mol. The molecule has 1 saturated heterocycles.